The van der Waals surface area contributed by atoms with Gasteiger partial charge in [0.25, 0.3) is 5.91 Å². The molecular weight excluding hydrogens is 691 g/mol. The van der Waals surface area contributed by atoms with Crippen LogP contribution in [0.25, 0.3) is 0 Å². The summed E-state index contributed by atoms with van der Waals surface area (Å²) in [6.07, 6.45) is 4.70. The number of hydrogen-bond donors (Lipinski definition) is 3. The van der Waals surface area contributed by atoms with Crippen molar-refractivity contribution >= 4 is 39.9 Å². The van der Waals surface area contributed by atoms with E-state index in [0.29, 0.717) is 25.9 Å². The number of carbonyl (C=O) groups is 5. The molecule has 3 aliphatic heterocycles. The van der Waals surface area contributed by atoms with Gasteiger partial charge in [0, 0.05) is 31.3 Å². The van der Waals surface area contributed by atoms with Gasteiger partial charge < -0.3 is 25.0 Å². The van der Waals surface area contributed by atoms with Gasteiger partial charge in [-0.05, 0) is 74.5 Å². The third kappa shape index (κ3) is 7.00. The van der Waals surface area contributed by atoms with Crippen LogP contribution in [0.15, 0.2) is 30.9 Å². The summed E-state index contributed by atoms with van der Waals surface area (Å²) in [6, 6.07) is 3.84. The van der Waals surface area contributed by atoms with E-state index in [1.807, 2.05) is 19.1 Å². The maximum absolute atomic E-state index is 14.3. The van der Waals surface area contributed by atoms with Gasteiger partial charge in [-0.1, -0.05) is 44.5 Å². The second kappa shape index (κ2) is 13.4. The SMILES string of the molecule is C=C[C@@H]1C[C@]1(NC(=O)[C@@H]1C[C@@H]2CN1C(=O)[C@H](C(C)C)NC(=O)O[C@]1(C)C[C@H]1CCCCc1cccc3c1CN(C3)C(=O)O2)C(=O)NS(=O)(=O)C1CC1. The highest BCUT2D eigenvalue weighted by Gasteiger charge is 2.62. The Morgan fingerprint density at radius 2 is 1.83 bits per heavy atom. The highest BCUT2D eigenvalue weighted by Crippen LogP contribution is 2.50. The van der Waals surface area contributed by atoms with E-state index in [2.05, 4.69) is 28.0 Å². The lowest BCUT2D eigenvalue weighted by Crippen LogP contribution is -2.59. The highest BCUT2D eigenvalue weighted by molar-refractivity contribution is 7.91. The number of ether oxygens (including phenoxy) is 2. The van der Waals surface area contributed by atoms with Crippen molar-refractivity contribution in [2.75, 3.05) is 6.54 Å². The Labute approximate surface area is 304 Å². The summed E-state index contributed by atoms with van der Waals surface area (Å²) in [7, 11) is -3.90. The standard InChI is InChI=1S/C37H49N5O9S/c1-5-24-17-37(24,33(45)40-52(48,49)27-13-14-27)39-31(43)29-15-26-19-42(29)32(44)30(21(2)3)38-34(46)51-36(4)16-25(36)12-7-6-9-22-10-8-11-23-18-41(20-28(22)23)35(47)50-26/h5,8,10-11,21,24-27,29-30H,1,6-7,9,12-20H2,2-4H3,(H,38,46)(H,39,43)(H,40,45)/t24-,25-,26-,29+,30+,36-,37-/m1/s1. The predicted molar refractivity (Wildman–Crippen MR) is 188 cm³/mol. The molecule has 0 radical (unpaired) electrons. The van der Waals surface area contributed by atoms with Crippen molar-refractivity contribution in [2.24, 2.45) is 17.8 Å². The molecule has 3 saturated carbocycles. The van der Waals surface area contributed by atoms with Crippen LogP contribution in [0.5, 0.6) is 0 Å². The zero-order valence-corrected chi connectivity index (χ0v) is 30.8. The molecule has 0 spiro atoms. The molecule has 4 fully saturated rings. The summed E-state index contributed by atoms with van der Waals surface area (Å²) in [5.74, 6) is -2.85. The summed E-state index contributed by atoms with van der Waals surface area (Å²) in [4.78, 5) is 71.7. The van der Waals surface area contributed by atoms with Gasteiger partial charge >= 0.3 is 12.2 Å². The molecule has 52 heavy (non-hydrogen) atoms. The fraction of sp³-hybridized carbons (Fsp3) is 0.649. The summed E-state index contributed by atoms with van der Waals surface area (Å²) in [5, 5.41) is 4.85. The molecule has 14 nitrogen and oxygen atoms in total. The number of hydrogen-bond acceptors (Lipinski definition) is 9. The number of carbonyl (C=O) groups excluding carboxylic acids is 5. The molecule has 0 aromatic heterocycles. The Bertz CT molecular complexity index is 1800. The van der Waals surface area contributed by atoms with Crippen LogP contribution in [0.4, 0.5) is 9.59 Å². The molecule has 1 saturated heterocycles. The smallest absolute Gasteiger partial charge is 0.410 e. The molecule has 15 heteroatoms. The molecule has 6 aliphatic rings. The lowest BCUT2D eigenvalue weighted by atomic mass is 9.98. The monoisotopic (exact) mass is 739 g/mol. The minimum Gasteiger partial charge on any atom is -0.444 e. The molecule has 7 atom stereocenters. The number of nitrogens with one attached hydrogen (secondary N) is 3. The molecule has 1 aromatic rings. The van der Waals surface area contributed by atoms with Gasteiger partial charge in [0.2, 0.25) is 21.8 Å². The van der Waals surface area contributed by atoms with Gasteiger partial charge in [-0.15, -0.1) is 6.58 Å². The van der Waals surface area contributed by atoms with Crippen molar-refractivity contribution in [3.63, 3.8) is 0 Å². The van der Waals surface area contributed by atoms with E-state index in [4.69, 9.17) is 9.47 Å². The van der Waals surface area contributed by atoms with E-state index in [0.717, 1.165) is 43.2 Å². The minimum absolute atomic E-state index is 0.0683. The number of fused-ring (bicyclic) bond motifs is 4. The molecule has 282 valence electrons. The Morgan fingerprint density at radius 3 is 2.52 bits per heavy atom. The van der Waals surface area contributed by atoms with Gasteiger partial charge in [-0.2, -0.15) is 0 Å². The summed E-state index contributed by atoms with van der Waals surface area (Å²) in [6.45, 7) is 9.84. The van der Waals surface area contributed by atoms with Crippen molar-refractivity contribution in [3.8, 4) is 0 Å². The zero-order valence-electron chi connectivity index (χ0n) is 30.0. The third-order valence-electron chi connectivity index (χ3n) is 11.8. The molecule has 4 bridgehead atoms. The fourth-order valence-corrected chi connectivity index (χ4v) is 9.56. The van der Waals surface area contributed by atoms with Crippen LogP contribution >= 0.6 is 0 Å². The molecule has 3 N–H and O–H groups in total. The lowest BCUT2D eigenvalue weighted by Gasteiger charge is -2.31. The van der Waals surface area contributed by atoms with Crippen LogP contribution in [0, 0.1) is 17.8 Å². The number of rotatable bonds is 7. The topological polar surface area (TPSA) is 181 Å². The number of amides is 5. The van der Waals surface area contributed by atoms with Crippen LogP contribution in [0.3, 0.4) is 0 Å². The van der Waals surface area contributed by atoms with Crippen molar-refractivity contribution in [2.45, 2.75) is 126 Å². The molecule has 0 unspecified atom stereocenters. The lowest BCUT2D eigenvalue weighted by molar-refractivity contribution is -0.141. The average Bonchev–Trinajstić information content (AvgIpc) is 4.04. The van der Waals surface area contributed by atoms with Crippen LogP contribution in [-0.4, -0.2) is 89.2 Å². The number of sulfonamides is 1. The fourth-order valence-electron chi connectivity index (χ4n) is 8.20. The average molecular weight is 740 g/mol. The van der Waals surface area contributed by atoms with Crippen LogP contribution in [0.1, 0.15) is 88.8 Å². The summed E-state index contributed by atoms with van der Waals surface area (Å²) in [5.41, 5.74) is 1.16. The van der Waals surface area contributed by atoms with Crippen LogP contribution < -0.4 is 15.4 Å². The van der Waals surface area contributed by atoms with E-state index in [9.17, 15) is 32.4 Å². The van der Waals surface area contributed by atoms with E-state index in [1.54, 1.807) is 18.7 Å². The predicted octanol–water partition coefficient (Wildman–Crippen LogP) is 3.03. The van der Waals surface area contributed by atoms with Crippen LogP contribution in [-0.2, 0) is 53.4 Å². The van der Waals surface area contributed by atoms with E-state index in [-0.39, 0.29) is 25.3 Å². The maximum Gasteiger partial charge on any atom is 0.410 e. The van der Waals surface area contributed by atoms with Crippen molar-refractivity contribution < 1.29 is 41.9 Å². The molecule has 3 heterocycles. The largest absolute Gasteiger partial charge is 0.444 e. The van der Waals surface area contributed by atoms with Gasteiger partial charge in [-0.3, -0.25) is 24.0 Å². The van der Waals surface area contributed by atoms with Gasteiger partial charge in [-0.25, -0.2) is 18.0 Å². The number of benzene rings is 1. The van der Waals surface area contributed by atoms with Gasteiger partial charge in [0.1, 0.15) is 29.3 Å². The molecule has 5 amide bonds. The minimum atomic E-state index is -3.90. The molecule has 3 aliphatic carbocycles. The molecule has 1 aromatic carbocycles. The Morgan fingerprint density at radius 1 is 1.08 bits per heavy atom. The second-order valence-electron chi connectivity index (χ2n) is 16.1. The van der Waals surface area contributed by atoms with E-state index in [1.165, 1.54) is 16.5 Å². The summed E-state index contributed by atoms with van der Waals surface area (Å²) < 4.78 is 39.3. The van der Waals surface area contributed by atoms with Crippen LogP contribution in [0.2, 0.25) is 0 Å². The quantitative estimate of drug-likeness (QED) is 0.355. The summed E-state index contributed by atoms with van der Waals surface area (Å²) >= 11 is 0. The molecule has 7 rings (SSSR count). The first-order chi connectivity index (χ1) is 24.6. The Balaban J connectivity index is 1.15. The van der Waals surface area contributed by atoms with Gasteiger partial charge in [0.15, 0.2) is 0 Å². The first-order valence-corrected chi connectivity index (χ1v) is 20.0. The zero-order chi connectivity index (χ0) is 37.2. The Hall–Kier alpha value is -4.14. The first kappa shape index (κ1) is 36.2. The highest BCUT2D eigenvalue weighted by atomic mass is 32.2. The number of nitrogens with zero attached hydrogens (tertiary/aromatic N) is 2. The van der Waals surface area contributed by atoms with Gasteiger partial charge in [0.05, 0.1) is 11.8 Å². The second-order valence-corrected chi connectivity index (χ2v) is 18.0. The first-order valence-electron chi connectivity index (χ1n) is 18.5. The third-order valence-corrected chi connectivity index (χ3v) is 13.7. The number of aryl methyl sites for hydroxylation is 1. The normalized spacial score (nSPS) is 33.3. The Kier molecular flexibility index (Phi) is 9.31. The van der Waals surface area contributed by atoms with Crippen molar-refractivity contribution in [3.05, 3.63) is 47.5 Å². The van der Waals surface area contributed by atoms with E-state index < -0.39 is 86.3 Å². The molecular formula is C37H49N5O9S. The maximum atomic E-state index is 14.3. The number of alkyl carbamates (subject to hydrolysis) is 1. The van der Waals surface area contributed by atoms with E-state index >= 15 is 0 Å². The van der Waals surface area contributed by atoms with Crippen molar-refractivity contribution in [1.82, 2.24) is 25.2 Å². The van der Waals surface area contributed by atoms with Crippen molar-refractivity contribution in [1.29, 1.82) is 0 Å².